The average molecular weight is 231 g/mol. The predicted molar refractivity (Wildman–Crippen MR) is 72.2 cm³/mol. The largest absolute Gasteiger partial charge is 0.326 e. The molecule has 1 aromatic carbocycles. The van der Waals surface area contributed by atoms with E-state index in [1.54, 1.807) is 0 Å². The van der Waals surface area contributed by atoms with Crippen LogP contribution in [0.25, 0.3) is 11.0 Å². The molecule has 3 nitrogen and oxygen atoms in total. The van der Waals surface area contributed by atoms with Crippen LogP contribution in [0.4, 0.5) is 0 Å². The molecule has 92 valence electrons. The summed E-state index contributed by atoms with van der Waals surface area (Å²) in [5.41, 5.74) is 2.30. The molecule has 17 heavy (non-hydrogen) atoms. The van der Waals surface area contributed by atoms with E-state index < -0.39 is 0 Å². The van der Waals surface area contributed by atoms with Crippen molar-refractivity contribution in [2.45, 2.75) is 26.8 Å². The van der Waals surface area contributed by atoms with Crippen LogP contribution in [0.1, 0.15) is 26.8 Å². The highest BCUT2D eigenvalue weighted by Gasteiger charge is 2.16. The lowest BCUT2D eigenvalue weighted by molar-refractivity contribution is 0.366. The smallest absolute Gasteiger partial charge is 0.0961 e. The quantitative estimate of drug-likeness (QED) is 0.857. The predicted octanol–water partition coefficient (Wildman–Crippen LogP) is 2.84. The Morgan fingerprint density at radius 1 is 1.29 bits per heavy atom. The third kappa shape index (κ3) is 2.50. The molecule has 0 amide bonds. The van der Waals surface area contributed by atoms with Gasteiger partial charge in [0.05, 0.1) is 17.4 Å². The molecule has 2 aromatic rings. The van der Waals surface area contributed by atoms with Gasteiger partial charge in [-0.05, 0) is 24.6 Å². The Morgan fingerprint density at radius 2 is 2.06 bits per heavy atom. The molecule has 0 radical (unpaired) electrons. The van der Waals surface area contributed by atoms with Crippen LogP contribution in [0.15, 0.2) is 30.6 Å². The molecule has 1 unspecified atom stereocenters. The van der Waals surface area contributed by atoms with Gasteiger partial charge in [0.2, 0.25) is 0 Å². The van der Waals surface area contributed by atoms with Gasteiger partial charge < -0.3 is 9.88 Å². The van der Waals surface area contributed by atoms with Crippen molar-refractivity contribution in [3.05, 3.63) is 30.6 Å². The van der Waals surface area contributed by atoms with Crippen molar-refractivity contribution in [3.63, 3.8) is 0 Å². The van der Waals surface area contributed by atoms with Gasteiger partial charge in [0, 0.05) is 12.6 Å². The molecular weight excluding hydrogens is 210 g/mol. The van der Waals surface area contributed by atoms with Crippen molar-refractivity contribution in [3.8, 4) is 0 Å². The summed E-state index contributed by atoms with van der Waals surface area (Å²) in [4.78, 5) is 4.47. The van der Waals surface area contributed by atoms with Crippen molar-refractivity contribution in [2.24, 2.45) is 5.92 Å². The molecule has 0 aliphatic carbocycles. The fourth-order valence-corrected chi connectivity index (χ4v) is 2.19. The van der Waals surface area contributed by atoms with Gasteiger partial charge in [-0.15, -0.1) is 0 Å². The van der Waals surface area contributed by atoms with Gasteiger partial charge in [-0.2, -0.15) is 0 Å². The van der Waals surface area contributed by atoms with Gasteiger partial charge in [0.25, 0.3) is 0 Å². The minimum atomic E-state index is 0.461. The molecule has 2 rings (SSSR count). The minimum Gasteiger partial charge on any atom is -0.326 e. The van der Waals surface area contributed by atoms with E-state index in [1.807, 2.05) is 12.4 Å². The topological polar surface area (TPSA) is 29.9 Å². The number of imidazole rings is 1. The first-order valence-corrected chi connectivity index (χ1v) is 6.36. The van der Waals surface area contributed by atoms with Gasteiger partial charge in [0.15, 0.2) is 0 Å². The van der Waals surface area contributed by atoms with Crippen molar-refractivity contribution in [1.29, 1.82) is 0 Å². The van der Waals surface area contributed by atoms with Gasteiger partial charge in [-0.1, -0.05) is 32.9 Å². The first-order chi connectivity index (χ1) is 8.24. The van der Waals surface area contributed by atoms with E-state index >= 15 is 0 Å². The van der Waals surface area contributed by atoms with Crippen molar-refractivity contribution in [1.82, 2.24) is 14.9 Å². The van der Waals surface area contributed by atoms with E-state index in [9.17, 15) is 0 Å². The number of nitrogens with zero attached hydrogens (tertiary/aromatic N) is 2. The maximum Gasteiger partial charge on any atom is 0.0961 e. The number of hydrogen-bond donors (Lipinski definition) is 1. The number of aromatic nitrogens is 2. The van der Waals surface area contributed by atoms with Crippen LogP contribution in [0.5, 0.6) is 0 Å². The number of rotatable bonds is 5. The molecule has 1 heterocycles. The number of para-hydroxylation sites is 2. The number of fused-ring (bicyclic) bond motifs is 1. The lowest BCUT2D eigenvalue weighted by Gasteiger charge is -2.23. The lowest BCUT2D eigenvalue weighted by atomic mass is 10.0. The molecule has 3 heteroatoms. The lowest BCUT2D eigenvalue weighted by Crippen LogP contribution is -2.28. The van der Waals surface area contributed by atoms with E-state index in [0.717, 1.165) is 18.6 Å². The van der Waals surface area contributed by atoms with Crippen molar-refractivity contribution in [2.75, 3.05) is 13.1 Å². The summed E-state index contributed by atoms with van der Waals surface area (Å²) in [6.07, 6.45) is 1.96. The molecular formula is C14H21N3. The molecule has 0 bridgehead atoms. The van der Waals surface area contributed by atoms with E-state index in [-0.39, 0.29) is 0 Å². The molecule has 0 saturated heterocycles. The number of benzene rings is 1. The summed E-state index contributed by atoms with van der Waals surface area (Å²) in [7, 11) is 0. The number of hydrogen-bond acceptors (Lipinski definition) is 2. The highest BCUT2D eigenvalue weighted by atomic mass is 15.1. The van der Waals surface area contributed by atoms with Gasteiger partial charge in [0.1, 0.15) is 0 Å². The zero-order valence-electron chi connectivity index (χ0n) is 10.9. The monoisotopic (exact) mass is 231 g/mol. The third-order valence-electron chi connectivity index (χ3n) is 3.21. The highest BCUT2D eigenvalue weighted by molar-refractivity contribution is 5.75. The van der Waals surface area contributed by atoms with Crippen LogP contribution in [0.2, 0.25) is 0 Å². The molecule has 1 N–H and O–H groups in total. The summed E-state index contributed by atoms with van der Waals surface area (Å²) in [5, 5.41) is 3.43. The molecule has 0 spiro atoms. The standard InChI is InChI=1S/C14H21N3/c1-4-15-9-14(11(2)3)17-10-16-12-7-5-6-8-13(12)17/h5-8,10-11,14-15H,4,9H2,1-3H3. The Morgan fingerprint density at radius 3 is 2.76 bits per heavy atom. The van der Waals surface area contributed by atoms with Crippen LogP contribution in [-0.2, 0) is 0 Å². The Balaban J connectivity index is 2.34. The second-order valence-corrected chi connectivity index (χ2v) is 4.76. The molecule has 0 fully saturated rings. The number of likely N-dealkylation sites (N-methyl/N-ethyl adjacent to an activating group) is 1. The summed E-state index contributed by atoms with van der Waals surface area (Å²) < 4.78 is 2.29. The zero-order valence-corrected chi connectivity index (χ0v) is 10.9. The summed E-state index contributed by atoms with van der Waals surface area (Å²) in [6, 6.07) is 8.78. The average Bonchev–Trinajstić information content (AvgIpc) is 2.73. The number of nitrogens with one attached hydrogen (secondary N) is 1. The zero-order chi connectivity index (χ0) is 12.3. The minimum absolute atomic E-state index is 0.461. The maximum absolute atomic E-state index is 4.47. The van der Waals surface area contributed by atoms with Gasteiger partial charge >= 0.3 is 0 Å². The Bertz CT molecular complexity index is 473. The first kappa shape index (κ1) is 12.1. The van der Waals surface area contributed by atoms with Crippen molar-refractivity contribution < 1.29 is 0 Å². The third-order valence-corrected chi connectivity index (χ3v) is 3.21. The van der Waals surface area contributed by atoms with Crippen molar-refractivity contribution >= 4 is 11.0 Å². The Hall–Kier alpha value is -1.35. The normalized spacial score (nSPS) is 13.4. The Kier molecular flexibility index (Phi) is 3.79. The van der Waals surface area contributed by atoms with E-state index in [0.29, 0.717) is 12.0 Å². The molecule has 0 aliphatic rings. The van der Waals surface area contributed by atoms with Crippen LogP contribution in [0, 0.1) is 5.92 Å². The van der Waals surface area contributed by atoms with Crippen LogP contribution in [-0.4, -0.2) is 22.6 Å². The Labute approximate surface area is 103 Å². The highest BCUT2D eigenvalue weighted by Crippen LogP contribution is 2.22. The summed E-state index contributed by atoms with van der Waals surface area (Å²) in [6.45, 7) is 8.67. The van der Waals surface area contributed by atoms with E-state index in [1.165, 1.54) is 5.52 Å². The van der Waals surface area contributed by atoms with Gasteiger partial charge in [-0.25, -0.2) is 4.98 Å². The van der Waals surface area contributed by atoms with E-state index in [4.69, 9.17) is 0 Å². The molecule has 0 aliphatic heterocycles. The molecule has 1 aromatic heterocycles. The van der Waals surface area contributed by atoms with Crippen LogP contribution in [0.3, 0.4) is 0 Å². The summed E-state index contributed by atoms with van der Waals surface area (Å²) in [5.74, 6) is 0.589. The van der Waals surface area contributed by atoms with Gasteiger partial charge in [-0.3, -0.25) is 0 Å². The fraction of sp³-hybridized carbons (Fsp3) is 0.500. The first-order valence-electron chi connectivity index (χ1n) is 6.36. The van der Waals surface area contributed by atoms with E-state index in [2.05, 4.69) is 53.8 Å². The second-order valence-electron chi connectivity index (χ2n) is 4.76. The molecule has 1 atom stereocenters. The summed E-state index contributed by atoms with van der Waals surface area (Å²) >= 11 is 0. The SMILES string of the molecule is CCNCC(C(C)C)n1cnc2ccccc21. The second kappa shape index (κ2) is 5.32. The fourth-order valence-electron chi connectivity index (χ4n) is 2.19. The molecule has 0 saturated carbocycles. The maximum atomic E-state index is 4.47. The van der Waals surface area contributed by atoms with Crippen LogP contribution >= 0.6 is 0 Å². The van der Waals surface area contributed by atoms with Crippen LogP contribution < -0.4 is 5.32 Å².